The fourth-order valence-corrected chi connectivity index (χ4v) is 3.06. The van der Waals surface area contributed by atoms with E-state index in [0.717, 1.165) is 0 Å². The van der Waals surface area contributed by atoms with Gasteiger partial charge in [0.25, 0.3) is 0 Å². The Morgan fingerprint density at radius 3 is 1.86 bits per heavy atom. The molecular weight excluding hydrogens is 388 g/mol. The second-order valence-electron chi connectivity index (χ2n) is 6.85. The SMILES string of the molecule is O=C1OC[C@@H](O[C@@H]2OC[C@@H](O[C@@H]3OC[C@@H](O)[C@H](O)[C@H]3O)[C@H](O)[C@H]2O)[C@H](O)[C@H]1O. The molecule has 11 atom stereocenters. The molecule has 7 N–H and O–H groups in total. The third kappa shape index (κ3) is 4.29. The number of aliphatic hydroxyl groups is 7. The van der Waals surface area contributed by atoms with Gasteiger partial charge in [0.1, 0.15) is 55.4 Å². The Morgan fingerprint density at radius 1 is 0.679 bits per heavy atom. The number of hydrogen-bond acceptors (Lipinski definition) is 13. The summed E-state index contributed by atoms with van der Waals surface area (Å²) in [5.41, 5.74) is 0. The zero-order chi connectivity index (χ0) is 20.6. The summed E-state index contributed by atoms with van der Waals surface area (Å²) in [4.78, 5) is 11.2. The lowest BCUT2D eigenvalue weighted by molar-refractivity contribution is -0.338. The highest BCUT2D eigenvalue weighted by atomic mass is 16.7. The van der Waals surface area contributed by atoms with E-state index in [1.807, 2.05) is 0 Å². The highest BCUT2D eigenvalue weighted by molar-refractivity contribution is 5.76. The lowest BCUT2D eigenvalue weighted by atomic mass is 10.0. The van der Waals surface area contributed by atoms with Gasteiger partial charge in [-0.05, 0) is 0 Å². The quantitative estimate of drug-likeness (QED) is 0.216. The lowest BCUT2D eigenvalue weighted by Crippen LogP contribution is -2.61. The lowest BCUT2D eigenvalue weighted by Gasteiger charge is -2.42. The third-order valence-electron chi connectivity index (χ3n) is 4.84. The molecule has 3 rings (SSSR count). The van der Waals surface area contributed by atoms with Gasteiger partial charge in [0.2, 0.25) is 0 Å². The van der Waals surface area contributed by atoms with Crippen LogP contribution in [0.1, 0.15) is 0 Å². The van der Waals surface area contributed by atoms with Crippen molar-refractivity contribution in [1.82, 2.24) is 0 Å². The Balaban J connectivity index is 1.55. The fraction of sp³-hybridized carbons (Fsp3) is 0.933. The summed E-state index contributed by atoms with van der Waals surface area (Å²) in [7, 11) is 0. The van der Waals surface area contributed by atoms with Crippen LogP contribution in [0.5, 0.6) is 0 Å². The summed E-state index contributed by atoms with van der Waals surface area (Å²) < 4.78 is 25.6. The van der Waals surface area contributed by atoms with Crippen LogP contribution < -0.4 is 0 Å². The number of cyclic esters (lactones) is 1. The fourth-order valence-electron chi connectivity index (χ4n) is 3.06. The average Bonchev–Trinajstić information content (AvgIpc) is 2.68. The first-order valence-electron chi connectivity index (χ1n) is 8.68. The van der Waals surface area contributed by atoms with Crippen LogP contribution in [-0.4, -0.2) is 129 Å². The second kappa shape index (κ2) is 8.81. The molecule has 0 spiro atoms. The van der Waals surface area contributed by atoms with Crippen LogP contribution in [0.4, 0.5) is 0 Å². The summed E-state index contributed by atoms with van der Waals surface area (Å²) in [6.45, 7) is -1.01. The van der Waals surface area contributed by atoms with E-state index in [1.54, 1.807) is 0 Å². The molecule has 0 aliphatic carbocycles. The Kier molecular flexibility index (Phi) is 6.84. The van der Waals surface area contributed by atoms with Crippen LogP contribution in [0.3, 0.4) is 0 Å². The van der Waals surface area contributed by atoms with E-state index in [2.05, 4.69) is 4.74 Å². The maximum atomic E-state index is 11.2. The van der Waals surface area contributed by atoms with Gasteiger partial charge in [-0.15, -0.1) is 0 Å². The summed E-state index contributed by atoms with van der Waals surface area (Å²) in [5, 5.41) is 68.7. The zero-order valence-electron chi connectivity index (χ0n) is 14.6. The summed E-state index contributed by atoms with van der Waals surface area (Å²) in [6, 6.07) is 0. The van der Waals surface area contributed by atoms with Gasteiger partial charge < -0.3 is 59.4 Å². The molecule has 0 aromatic heterocycles. The van der Waals surface area contributed by atoms with Crippen LogP contribution in [0.25, 0.3) is 0 Å². The molecular formula is C15H24O13. The first-order chi connectivity index (χ1) is 13.2. The van der Waals surface area contributed by atoms with Crippen molar-refractivity contribution in [2.75, 3.05) is 19.8 Å². The molecule has 13 heteroatoms. The molecule has 0 bridgehead atoms. The minimum atomic E-state index is -1.81. The van der Waals surface area contributed by atoms with Crippen LogP contribution in [0.2, 0.25) is 0 Å². The summed E-state index contributed by atoms with van der Waals surface area (Å²) >= 11 is 0. The van der Waals surface area contributed by atoms with E-state index in [9.17, 15) is 40.5 Å². The maximum absolute atomic E-state index is 11.2. The molecule has 0 unspecified atom stereocenters. The topological polar surface area (TPSA) is 205 Å². The molecule has 13 nitrogen and oxygen atoms in total. The summed E-state index contributed by atoms with van der Waals surface area (Å²) in [6.07, 6.45) is -16.2. The number of aliphatic hydroxyl groups excluding tert-OH is 7. The van der Waals surface area contributed by atoms with Crippen LogP contribution in [0.15, 0.2) is 0 Å². The van der Waals surface area contributed by atoms with Crippen molar-refractivity contribution in [1.29, 1.82) is 0 Å². The van der Waals surface area contributed by atoms with Gasteiger partial charge >= 0.3 is 5.97 Å². The molecule has 0 aromatic rings. The van der Waals surface area contributed by atoms with Crippen molar-refractivity contribution in [3.8, 4) is 0 Å². The number of carbonyl (C=O) groups excluding carboxylic acids is 1. The second-order valence-corrected chi connectivity index (χ2v) is 6.85. The van der Waals surface area contributed by atoms with Gasteiger partial charge in [0.15, 0.2) is 18.7 Å². The van der Waals surface area contributed by atoms with Crippen molar-refractivity contribution in [3.63, 3.8) is 0 Å². The Bertz CT molecular complexity index is 546. The molecule has 3 aliphatic heterocycles. The van der Waals surface area contributed by atoms with Gasteiger partial charge in [0, 0.05) is 0 Å². The molecule has 3 heterocycles. The van der Waals surface area contributed by atoms with E-state index in [1.165, 1.54) is 0 Å². The number of esters is 1. The predicted molar refractivity (Wildman–Crippen MR) is 82.2 cm³/mol. The van der Waals surface area contributed by atoms with Crippen LogP contribution in [-0.2, 0) is 28.5 Å². The maximum Gasteiger partial charge on any atom is 0.337 e. The van der Waals surface area contributed by atoms with Crippen molar-refractivity contribution in [2.24, 2.45) is 0 Å². The molecule has 0 aromatic carbocycles. The monoisotopic (exact) mass is 412 g/mol. The van der Waals surface area contributed by atoms with Crippen molar-refractivity contribution >= 4 is 5.97 Å². The van der Waals surface area contributed by atoms with E-state index in [0.29, 0.717) is 0 Å². The van der Waals surface area contributed by atoms with Gasteiger partial charge in [0.05, 0.1) is 13.2 Å². The average molecular weight is 412 g/mol. The van der Waals surface area contributed by atoms with Gasteiger partial charge in [-0.3, -0.25) is 0 Å². The third-order valence-corrected chi connectivity index (χ3v) is 4.84. The molecule has 0 amide bonds. The highest BCUT2D eigenvalue weighted by Crippen LogP contribution is 2.26. The van der Waals surface area contributed by atoms with Crippen LogP contribution >= 0.6 is 0 Å². The van der Waals surface area contributed by atoms with E-state index < -0.39 is 73.5 Å². The zero-order valence-corrected chi connectivity index (χ0v) is 14.6. The molecule has 0 saturated carbocycles. The van der Waals surface area contributed by atoms with Gasteiger partial charge in [-0.2, -0.15) is 0 Å². The van der Waals surface area contributed by atoms with E-state index >= 15 is 0 Å². The molecule has 28 heavy (non-hydrogen) atoms. The molecule has 3 aliphatic rings. The van der Waals surface area contributed by atoms with Crippen LogP contribution in [0, 0.1) is 0 Å². The van der Waals surface area contributed by atoms with Crippen molar-refractivity contribution in [2.45, 2.75) is 67.5 Å². The minimum absolute atomic E-state index is 0.304. The Morgan fingerprint density at radius 2 is 1.21 bits per heavy atom. The molecule has 162 valence electrons. The van der Waals surface area contributed by atoms with Crippen molar-refractivity contribution in [3.05, 3.63) is 0 Å². The molecule has 3 saturated heterocycles. The molecule has 3 fully saturated rings. The van der Waals surface area contributed by atoms with E-state index in [4.69, 9.17) is 18.9 Å². The van der Waals surface area contributed by atoms with Gasteiger partial charge in [-0.25, -0.2) is 4.79 Å². The number of hydrogen-bond donors (Lipinski definition) is 7. The predicted octanol–water partition coefficient (Wildman–Crippen LogP) is -5.45. The summed E-state index contributed by atoms with van der Waals surface area (Å²) in [5.74, 6) is -1.01. The minimum Gasteiger partial charge on any atom is -0.461 e. The highest BCUT2D eigenvalue weighted by Gasteiger charge is 2.47. The first-order valence-corrected chi connectivity index (χ1v) is 8.68. The number of ether oxygens (including phenoxy) is 5. The molecule has 0 radical (unpaired) electrons. The normalized spacial score (nSPS) is 50.2. The smallest absolute Gasteiger partial charge is 0.337 e. The Labute approximate surface area is 158 Å². The van der Waals surface area contributed by atoms with Gasteiger partial charge in [-0.1, -0.05) is 0 Å². The first kappa shape index (κ1) is 21.7. The van der Waals surface area contributed by atoms with E-state index in [-0.39, 0.29) is 19.8 Å². The number of carbonyl (C=O) groups is 1. The largest absolute Gasteiger partial charge is 0.461 e. The number of rotatable bonds is 4. The van der Waals surface area contributed by atoms with Crippen molar-refractivity contribution < 1.29 is 64.2 Å². The standard InChI is InChI=1S/C15H24O13/c16-4-1-25-14(11(21)7(4)17)28-6-3-26-15(12(22)9(6)19)27-5-2-24-13(23)10(20)8(5)18/h4-12,14-22H,1-3H2/t4-,5-,6-,7+,8+,9+,10-,11-,12-,14+,15+/m1/s1. The Hall–Kier alpha value is -0.970.